The highest BCUT2D eigenvalue weighted by atomic mass is 16.6. The SMILES string of the molecule is COc1cc2c(cc1[N+](=O)[O-])N(C(=O)[C@@H](C)N(C)C)CC2. The van der Waals surface area contributed by atoms with Crippen molar-refractivity contribution in [2.24, 2.45) is 0 Å². The minimum atomic E-state index is -0.491. The Morgan fingerprint density at radius 3 is 2.67 bits per heavy atom. The van der Waals surface area contributed by atoms with Gasteiger partial charge in [-0.05, 0) is 39.1 Å². The zero-order valence-corrected chi connectivity index (χ0v) is 12.6. The maximum atomic E-state index is 12.5. The van der Waals surface area contributed by atoms with E-state index in [0.29, 0.717) is 18.7 Å². The molecule has 114 valence electrons. The number of fused-ring (bicyclic) bond motifs is 1. The number of methoxy groups -OCH3 is 1. The fraction of sp³-hybridized carbons (Fsp3) is 0.500. The standard InChI is InChI=1S/C14H19N3O4/c1-9(15(2)3)14(18)16-6-5-10-7-13(21-4)12(17(19)20)8-11(10)16/h7-9H,5-6H2,1-4H3/t9-/m1/s1. The lowest BCUT2D eigenvalue weighted by atomic mass is 10.1. The van der Waals surface area contributed by atoms with Gasteiger partial charge in [0.1, 0.15) is 0 Å². The molecule has 2 rings (SSSR count). The normalized spacial score (nSPS) is 15.0. The van der Waals surface area contributed by atoms with Crippen LogP contribution < -0.4 is 9.64 Å². The van der Waals surface area contributed by atoms with Gasteiger partial charge in [0.2, 0.25) is 5.91 Å². The maximum Gasteiger partial charge on any atom is 0.313 e. The Balaban J connectivity index is 2.42. The summed E-state index contributed by atoms with van der Waals surface area (Å²) in [7, 11) is 5.06. The molecular weight excluding hydrogens is 274 g/mol. The molecule has 1 atom stereocenters. The van der Waals surface area contributed by atoms with Crippen molar-refractivity contribution in [1.82, 2.24) is 4.90 Å². The van der Waals surface area contributed by atoms with Crippen LogP contribution in [-0.2, 0) is 11.2 Å². The van der Waals surface area contributed by atoms with Crippen molar-refractivity contribution in [2.45, 2.75) is 19.4 Å². The second kappa shape index (κ2) is 5.69. The number of hydrogen-bond acceptors (Lipinski definition) is 5. The van der Waals surface area contributed by atoms with Crippen LogP contribution in [0.2, 0.25) is 0 Å². The fourth-order valence-electron chi connectivity index (χ4n) is 2.39. The Bertz CT molecular complexity index is 586. The van der Waals surface area contributed by atoms with Gasteiger partial charge in [-0.15, -0.1) is 0 Å². The number of rotatable bonds is 4. The lowest BCUT2D eigenvalue weighted by Gasteiger charge is -2.25. The first kappa shape index (κ1) is 15.2. The molecule has 1 amide bonds. The van der Waals surface area contributed by atoms with E-state index < -0.39 is 4.92 Å². The molecule has 0 spiro atoms. The van der Waals surface area contributed by atoms with Crippen molar-refractivity contribution in [1.29, 1.82) is 0 Å². The zero-order chi connectivity index (χ0) is 15.7. The molecule has 0 unspecified atom stereocenters. The van der Waals surface area contributed by atoms with Gasteiger partial charge in [0.05, 0.1) is 23.8 Å². The van der Waals surface area contributed by atoms with E-state index in [2.05, 4.69) is 0 Å². The quantitative estimate of drug-likeness (QED) is 0.620. The molecule has 0 saturated heterocycles. The topological polar surface area (TPSA) is 75.9 Å². The van der Waals surface area contributed by atoms with E-state index in [1.807, 2.05) is 25.9 Å². The van der Waals surface area contributed by atoms with Gasteiger partial charge in [0.25, 0.3) is 0 Å². The highest BCUT2D eigenvalue weighted by molar-refractivity contribution is 5.99. The molecule has 21 heavy (non-hydrogen) atoms. The first-order valence-electron chi connectivity index (χ1n) is 6.70. The smallest absolute Gasteiger partial charge is 0.313 e. The molecule has 0 aromatic heterocycles. The van der Waals surface area contributed by atoms with Crippen molar-refractivity contribution in [3.63, 3.8) is 0 Å². The average molecular weight is 293 g/mol. The van der Waals surface area contributed by atoms with Crippen LogP contribution in [0.3, 0.4) is 0 Å². The number of benzene rings is 1. The summed E-state index contributed by atoms with van der Waals surface area (Å²) < 4.78 is 5.06. The Kier molecular flexibility index (Phi) is 4.13. The average Bonchev–Trinajstić information content (AvgIpc) is 2.86. The second-order valence-electron chi connectivity index (χ2n) is 5.29. The van der Waals surface area contributed by atoms with Crippen molar-refractivity contribution in [3.05, 3.63) is 27.8 Å². The van der Waals surface area contributed by atoms with Gasteiger partial charge in [-0.1, -0.05) is 0 Å². The van der Waals surface area contributed by atoms with Crippen LogP contribution in [0.15, 0.2) is 12.1 Å². The molecule has 0 saturated carbocycles. The Labute approximate surface area is 123 Å². The van der Waals surface area contributed by atoms with Crippen LogP contribution in [0.4, 0.5) is 11.4 Å². The van der Waals surface area contributed by atoms with Crippen molar-refractivity contribution in [2.75, 3.05) is 32.6 Å². The molecule has 1 heterocycles. The van der Waals surface area contributed by atoms with Gasteiger partial charge in [0.15, 0.2) is 5.75 Å². The van der Waals surface area contributed by atoms with Crippen molar-refractivity contribution in [3.8, 4) is 5.75 Å². The molecule has 0 aliphatic carbocycles. The lowest BCUT2D eigenvalue weighted by molar-refractivity contribution is -0.385. The van der Waals surface area contributed by atoms with E-state index in [4.69, 9.17) is 4.74 Å². The summed E-state index contributed by atoms with van der Waals surface area (Å²) in [6.45, 7) is 2.36. The number of nitro groups is 1. The Morgan fingerprint density at radius 1 is 1.48 bits per heavy atom. The van der Waals surface area contributed by atoms with E-state index in [0.717, 1.165) is 5.56 Å². The van der Waals surface area contributed by atoms with Crippen LogP contribution >= 0.6 is 0 Å². The number of anilines is 1. The van der Waals surface area contributed by atoms with Gasteiger partial charge < -0.3 is 9.64 Å². The third-order valence-corrected chi connectivity index (χ3v) is 3.87. The number of carbonyl (C=O) groups is 1. The van der Waals surface area contributed by atoms with Crippen LogP contribution in [-0.4, -0.2) is 49.5 Å². The van der Waals surface area contributed by atoms with Crippen LogP contribution in [0.1, 0.15) is 12.5 Å². The van der Waals surface area contributed by atoms with Crippen molar-refractivity contribution < 1.29 is 14.5 Å². The van der Waals surface area contributed by atoms with E-state index in [9.17, 15) is 14.9 Å². The van der Waals surface area contributed by atoms with E-state index in [1.54, 1.807) is 11.0 Å². The molecule has 0 radical (unpaired) electrons. The number of hydrogen-bond donors (Lipinski definition) is 0. The third-order valence-electron chi connectivity index (χ3n) is 3.87. The predicted molar refractivity (Wildman–Crippen MR) is 78.9 cm³/mol. The summed E-state index contributed by atoms with van der Waals surface area (Å²) in [6, 6.07) is 2.81. The summed E-state index contributed by atoms with van der Waals surface area (Å²) in [5, 5.41) is 11.1. The molecular formula is C14H19N3O4. The van der Waals surface area contributed by atoms with Gasteiger partial charge in [-0.3, -0.25) is 19.8 Å². The second-order valence-corrected chi connectivity index (χ2v) is 5.29. The molecule has 1 aliphatic rings. The third kappa shape index (κ3) is 2.69. The number of nitro benzene ring substituents is 1. The number of amides is 1. The van der Waals surface area contributed by atoms with Crippen molar-refractivity contribution >= 4 is 17.3 Å². The summed E-state index contributed by atoms with van der Waals surface area (Å²) in [5.74, 6) is 0.173. The van der Waals surface area contributed by atoms with Gasteiger partial charge in [-0.2, -0.15) is 0 Å². The van der Waals surface area contributed by atoms with E-state index in [-0.39, 0.29) is 23.4 Å². The fourth-order valence-corrected chi connectivity index (χ4v) is 2.39. The highest BCUT2D eigenvalue weighted by Gasteiger charge is 2.32. The molecule has 1 aliphatic heterocycles. The molecule has 7 nitrogen and oxygen atoms in total. The first-order chi connectivity index (χ1) is 9.86. The highest BCUT2D eigenvalue weighted by Crippen LogP contribution is 2.38. The monoisotopic (exact) mass is 293 g/mol. The summed E-state index contributed by atoms with van der Waals surface area (Å²) >= 11 is 0. The minimum Gasteiger partial charge on any atom is -0.490 e. The van der Waals surface area contributed by atoms with Crippen LogP contribution in [0.25, 0.3) is 0 Å². The molecule has 0 fully saturated rings. The number of carbonyl (C=O) groups excluding carboxylic acids is 1. The largest absolute Gasteiger partial charge is 0.490 e. The molecule has 0 N–H and O–H groups in total. The minimum absolute atomic E-state index is 0.0572. The van der Waals surface area contributed by atoms with Gasteiger partial charge in [0, 0.05) is 12.6 Å². The Morgan fingerprint density at radius 2 is 2.14 bits per heavy atom. The molecule has 1 aromatic rings. The lowest BCUT2D eigenvalue weighted by Crippen LogP contribution is -2.43. The number of nitrogens with zero attached hydrogens (tertiary/aromatic N) is 3. The molecule has 0 bridgehead atoms. The summed E-state index contributed by atoms with van der Waals surface area (Å²) in [6.07, 6.45) is 0.676. The zero-order valence-electron chi connectivity index (χ0n) is 12.6. The van der Waals surface area contributed by atoms with Gasteiger partial charge in [-0.25, -0.2) is 0 Å². The number of likely N-dealkylation sites (N-methyl/N-ethyl adjacent to an activating group) is 1. The maximum absolute atomic E-state index is 12.5. The molecule has 7 heteroatoms. The first-order valence-corrected chi connectivity index (χ1v) is 6.70. The number of ether oxygens (including phenoxy) is 1. The van der Waals surface area contributed by atoms with E-state index in [1.165, 1.54) is 13.2 Å². The van der Waals surface area contributed by atoms with Gasteiger partial charge >= 0.3 is 5.69 Å². The Hall–Kier alpha value is -2.15. The van der Waals surface area contributed by atoms with Crippen LogP contribution in [0.5, 0.6) is 5.75 Å². The summed E-state index contributed by atoms with van der Waals surface area (Å²) in [5.41, 5.74) is 1.39. The predicted octanol–water partition coefficient (Wildman–Crippen LogP) is 1.44. The summed E-state index contributed by atoms with van der Waals surface area (Å²) in [4.78, 5) is 26.5. The molecule has 1 aromatic carbocycles. The van der Waals surface area contributed by atoms with Crippen LogP contribution in [0, 0.1) is 10.1 Å². The van der Waals surface area contributed by atoms with E-state index >= 15 is 0 Å².